The smallest absolute Gasteiger partial charge is 0.345 e. The molecule has 120 valence electrons. The highest BCUT2D eigenvalue weighted by Crippen LogP contribution is 2.24. The summed E-state index contributed by atoms with van der Waals surface area (Å²) in [5.74, 6) is -0.930. The molecule has 0 saturated heterocycles. The number of nitrogens with zero attached hydrogens (tertiary/aromatic N) is 2. The van der Waals surface area contributed by atoms with Crippen LogP contribution in [0.25, 0.3) is 0 Å². The quantitative estimate of drug-likeness (QED) is 0.782. The van der Waals surface area contributed by atoms with Crippen molar-refractivity contribution in [1.82, 2.24) is 10.3 Å². The Morgan fingerprint density at radius 1 is 1.33 bits per heavy atom. The first kappa shape index (κ1) is 17.7. The molecule has 0 aliphatic carbocycles. The molecule has 0 aromatic carbocycles. The highest BCUT2D eigenvalue weighted by molar-refractivity contribution is 5.43. The minimum Gasteiger partial charge on any atom is -0.345 e. The normalized spacial score (nSPS) is 12.0. The molecule has 7 heteroatoms. The molecule has 0 aliphatic rings. The van der Waals surface area contributed by atoms with E-state index in [0.29, 0.717) is 12.0 Å². The molecule has 1 aromatic heterocycles. The Kier molecular flexibility index (Phi) is 6.39. The molecule has 1 rings (SSSR count). The molecule has 3 nitrogen and oxygen atoms in total. The molecule has 0 saturated carbocycles. The van der Waals surface area contributed by atoms with Gasteiger partial charge in [0.1, 0.15) is 6.54 Å². The molecule has 1 N–H and O–H groups in total. The Balaban J connectivity index is 3.00. The molecule has 1 heterocycles. The minimum atomic E-state index is -4.39. The Labute approximate surface area is 122 Å². The van der Waals surface area contributed by atoms with Crippen molar-refractivity contribution in [2.75, 3.05) is 18.0 Å². The van der Waals surface area contributed by atoms with Crippen LogP contribution in [-0.2, 0) is 6.54 Å². The van der Waals surface area contributed by atoms with Gasteiger partial charge in [-0.3, -0.25) is 0 Å². The molecule has 0 aliphatic heterocycles. The first-order chi connectivity index (χ1) is 9.74. The van der Waals surface area contributed by atoms with Crippen molar-refractivity contribution in [2.24, 2.45) is 0 Å². The number of hydrogen-bond acceptors (Lipinski definition) is 3. The van der Waals surface area contributed by atoms with Crippen molar-refractivity contribution >= 4 is 5.82 Å². The van der Waals surface area contributed by atoms with Crippen molar-refractivity contribution in [2.45, 2.75) is 46.0 Å². The highest BCUT2D eigenvalue weighted by atomic mass is 19.4. The first-order valence-electron chi connectivity index (χ1n) is 6.93. The Bertz CT molecular complexity index is 446. The van der Waals surface area contributed by atoms with E-state index in [1.54, 1.807) is 6.92 Å². The van der Waals surface area contributed by atoms with Gasteiger partial charge in [-0.1, -0.05) is 20.8 Å². The number of alkyl halides is 3. The number of anilines is 1. The van der Waals surface area contributed by atoms with Gasteiger partial charge in [0.15, 0.2) is 11.6 Å². The molecule has 0 unspecified atom stereocenters. The maximum atomic E-state index is 14.4. The summed E-state index contributed by atoms with van der Waals surface area (Å²) < 4.78 is 52.1. The topological polar surface area (TPSA) is 28.2 Å². The van der Waals surface area contributed by atoms with E-state index in [-0.39, 0.29) is 24.9 Å². The van der Waals surface area contributed by atoms with Crippen LogP contribution >= 0.6 is 0 Å². The van der Waals surface area contributed by atoms with Gasteiger partial charge >= 0.3 is 6.18 Å². The number of aromatic nitrogens is 1. The van der Waals surface area contributed by atoms with E-state index in [2.05, 4.69) is 10.3 Å². The maximum absolute atomic E-state index is 14.4. The fraction of sp³-hybridized carbons (Fsp3) is 0.643. The first-order valence-corrected chi connectivity index (χ1v) is 6.93. The van der Waals surface area contributed by atoms with Gasteiger partial charge in [0.25, 0.3) is 0 Å². The molecular weight excluding hydrogens is 286 g/mol. The lowest BCUT2D eigenvalue weighted by atomic mass is 10.2. The van der Waals surface area contributed by atoms with Crippen LogP contribution in [0, 0.1) is 5.82 Å². The maximum Gasteiger partial charge on any atom is 0.405 e. The second-order valence-electron chi connectivity index (χ2n) is 5.18. The van der Waals surface area contributed by atoms with Gasteiger partial charge in [0.2, 0.25) is 0 Å². The van der Waals surface area contributed by atoms with E-state index in [1.165, 1.54) is 12.3 Å². The summed E-state index contributed by atoms with van der Waals surface area (Å²) in [6, 6.07) is 1.63. The van der Waals surface area contributed by atoms with Gasteiger partial charge in [-0.2, -0.15) is 13.2 Å². The third kappa shape index (κ3) is 5.87. The van der Waals surface area contributed by atoms with Crippen molar-refractivity contribution in [3.8, 4) is 0 Å². The lowest BCUT2D eigenvalue weighted by molar-refractivity contribution is -0.119. The van der Waals surface area contributed by atoms with Crippen LogP contribution in [0.15, 0.2) is 12.3 Å². The zero-order valence-corrected chi connectivity index (χ0v) is 12.5. The Morgan fingerprint density at radius 3 is 2.52 bits per heavy atom. The second-order valence-corrected chi connectivity index (χ2v) is 5.18. The summed E-state index contributed by atoms with van der Waals surface area (Å²) in [7, 11) is 0. The van der Waals surface area contributed by atoms with Crippen molar-refractivity contribution in [3.63, 3.8) is 0 Å². The van der Waals surface area contributed by atoms with Gasteiger partial charge in [0.05, 0.1) is 0 Å². The highest BCUT2D eigenvalue weighted by Gasteiger charge is 2.32. The minimum absolute atomic E-state index is 0.102. The molecular formula is C14H21F4N3. The van der Waals surface area contributed by atoms with Gasteiger partial charge in [-0.15, -0.1) is 0 Å². The number of rotatable bonds is 7. The number of halogens is 4. The lowest BCUT2D eigenvalue weighted by Crippen LogP contribution is -2.36. The van der Waals surface area contributed by atoms with Crippen LogP contribution in [0.3, 0.4) is 0 Å². The SMILES string of the molecule is CCCN(CC(F)(F)F)c1nccc(CNC(C)C)c1F. The van der Waals surface area contributed by atoms with E-state index >= 15 is 0 Å². The van der Waals surface area contributed by atoms with E-state index in [4.69, 9.17) is 0 Å². The molecule has 0 amide bonds. The summed E-state index contributed by atoms with van der Waals surface area (Å²) in [5.41, 5.74) is 0.317. The van der Waals surface area contributed by atoms with E-state index < -0.39 is 18.5 Å². The van der Waals surface area contributed by atoms with Gasteiger partial charge in [0, 0.05) is 30.9 Å². The molecule has 1 aromatic rings. The molecule has 0 radical (unpaired) electrons. The van der Waals surface area contributed by atoms with Gasteiger partial charge in [-0.05, 0) is 12.5 Å². The van der Waals surface area contributed by atoms with E-state index in [9.17, 15) is 17.6 Å². The van der Waals surface area contributed by atoms with E-state index in [0.717, 1.165) is 4.90 Å². The van der Waals surface area contributed by atoms with Crippen LogP contribution in [0.2, 0.25) is 0 Å². The van der Waals surface area contributed by atoms with Crippen LogP contribution in [-0.4, -0.2) is 30.3 Å². The summed E-state index contributed by atoms with van der Waals surface area (Å²) in [6.45, 7) is 4.72. The van der Waals surface area contributed by atoms with Gasteiger partial charge in [-0.25, -0.2) is 9.37 Å². The van der Waals surface area contributed by atoms with Crippen molar-refractivity contribution < 1.29 is 17.6 Å². The number of pyridine rings is 1. The molecule has 0 atom stereocenters. The zero-order valence-electron chi connectivity index (χ0n) is 12.5. The average Bonchev–Trinajstić information content (AvgIpc) is 2.35. The summed E-state index contributed by atoms with van der Waals surface area (Å²) >= 11 is 0. The predicted molar refractivity (Wildman–Crippen MR) is 74.7 cm³/mol. The largest absolute Gasteiger partial charge is 0.405 e. The van der Waals surface area contributed by atoms with Crippen LogP contribution in [0.4, 0.5) is 23.4 Å². The van der Waals surface area contributed by atoms with Crippen LogP contribution in [0.5, 0.6) is 0 Å². The average molecular weight is 307 g/mol. The Morgan fingerprint density at radius 2 is 2.00 bits per heavy atom. The molecule has 0 fully saturated rings. The van der Waals surface area contributed by atoms with Gasteiger partial charge < -0.3 is 10.2 Å². The number of nitrogens with one attached hydrogen (secondary N) is 1. The standard InChI is InChI=1S/C14H21F4N3/c1-4-7-21(9-14(16,17)18)13-12(15)11(5-6-19-13)8-20-10(2)3/h5-6,10,20H,4,7-9H2,1-3H3. The third-order valence-electron chi connectivity index (χ3n) is 2.81. The summed E-state index contributed by atoms with van der Waals surface area (Å²) in [6.07, 6.45) is -2.57. The van der Waals surface area contributed by atoms with Crippen molar-refractivity contribution in [3.05, 3.63) is 23.6 Å². The molecule has 0 bridgehead atoms. The fourth-order valence-electron chi connectivity index (χ4n) is 1.89. The monoisotopic (exact) mass is 307 g/mol. The number of hydrogen-bond donors (Lipinski definition) is 1. The summed E-state index contributed by atoms with van der Waals surface area (Å²) in [4.78, 5) is 4.73. The molecule has 21 heavy (non-hydrogen) atoms. The van der Waals surface area contributed by atoms with Crippen LogP contribution in [0.1, 0.15) is 32.8 Å². The Hall–Kier alpha value is -1.37. The van der Waals surface area contributed by atoms with E-state index in [1.807, 2.05) is 13.8 Å². The fourth-order valence-corrected chi connectivity index (χ4v) is 1.89. The lowest BCUT2D eigenvalue weighted by Gasteiger charge is -2.25. The second kappa shape index (κ2) is 7.59. The third-order valence-corrected chi connectivity index (χ3v) is 2.81. The summed E-state index contributed by atoms with van der Waals surface area (Å²) in [5, 5.41) is 3.04. The zero-order chi connectivity index (χ0) is 16.0. The van der Waals surface area contributed by atoms with Crippen molar-refractivity contribution in [1.29, 1.82) is 0 Å². The predicted octanol–water partition coefficient (Wildman–Crippen LogP) is 3.50. The molecule has 0 spiro atoms. The van der Waals surface area contributed by atoms with Crippen LogP contribution < -0.4 is 10.2 Å².